The maximum absolute atomic E-state index is 4.60. The van der Waals surface area contributed by atoms with Gasteiger partial charge in [0.25, 0.3) is 0 Å². The molecule has 1 rings (SSSR count). The largest absolute Gasteiger partial charge is 0.373 e. The molecular formula is C14H26N4S. The van der Waals surface area contributed by atoms with Crippen LogP contribution in [-0.2, 0) is 5.41 Å². The fourth-order valence-corrected chi connectivity index (χ4v) is 2.08. The van der Waals surface area contributed by atoms with Crippen LogP contribution in [0.5, 0.6) is 0 Å². The highest BCUT2D eigenvalue weighted by Gasteiger charge is 2.18. The van der Waals surface area contributed by atoms with E-state index in [1.54, 1.807) is 0 Å². The van der Waals surface area contributed by atoms with Gasteiger partial charge in [-0.3, -0.25) is 0 Å². The van der Waals surface area contributed by atoms with Gasteiger partial charge in [-0.1, -0.05) is 20.8 Å². The first-order valence-electron chi connectivity index (χ1n) is 6.77. The van der Waals surface area contributed by atoms with Crippen LogP contribution in [0.25, 0.3) is 0 Å². The van der Waals surface area contributed by atoms with Gasteiger partial charge in [-0.2, -0.15) is 11.8 Å². The molecule has 0 bridgehead atoms. The molecule has 2 N–H and O–H groups in total. The standard InChI is InChI=1S/C14H26N4S/c1-14(2,3)13-17-11(15-4)10-12(18-13)16-8-6-7-9-19-5/h10H,6-9H2,1-5H3,(H2,15,16,17,18). The lowest BCUT2D eigenvalue weighted by Crippen LogP contribution is -2.18. The molecule has 0 fully saturated rings. The van der Waals surface area contributed by atoms with Crippen molar-refractivity contribution in [3.05, 3.63) is 11.9 Å². The molecule has 0 aliphatic heterocycles. The summed E-state index contributed by atoms with van der Waals surface area (Å²) in [5.74, 6) is 3.87. The van der Waals surface area contributed by atoms with Crippen molar-refractivity contribution in [1.29, 1.82) is 0 Å². The lowest BCUT2D eigenvalue weighted by molar-refractivity contribution is 0.546. The number of rotatable bonds is 7. The van der Waals surface area contributed by atoms with Gasteiger partial charge in [-0.15, -0.1) is 0 Å². The number of nitrogens with zero attached hydrogens (tertiary/aromatic N) is 2. The Kier molecular flexibility index (Phi) is 6.42. The summed E-state index contributed by atoms with van der Waals surface area (Å²) in [6.07, 6.45) is 4.56. The molecule has 0 saturated heterocycles. The molecule has 0 aliphatic carbocycles. The van der Waals surface area contributed by atoms with Crippen molar-refractivity contribution in [3.63, 3.8) is 0 Å². The zero-order valence-electron chi connectivity index (χ0n) is 12.7. The summed E-state index contributed by atoms with van der Waals surface area (Å²) in [4.78, 5) is 9.12. The van der Waals surface area contributed by atoms with Gasteiger partial charge in [0.15, 0.2) is 0 Å². The molecule has 0 aromatic carbocycles. The first-order valence-corrected chi connectivity index (χ1v) is 8.17. The second-order valence-electron chi connectivity index (χ2n) is 5.59. The van der Waals surface area contributed by atoms with Crippen molar-refractivity contribution >= 4 is 23.4 Å². The second kappa shape index (κ2) is 7.58. The molecule has 0 unspecified atom stereocenters. The van der Waals surface area contributed by atoms with Crippen molar-refractivity contribution in [3.8, 4) is 0 Å². The minimum Gasteiger partial charge on any atom is -0.373 e. The molecule has 0 amide bonds. The van der Waals surface area contributed by atoms with Crippen LogP contribution in [0.1, 0.15) is 39.4 Å². The predicted octanol–water partition coefficient (Wildman–Crippen LogP) is 3.37. The third-order valence-electron chi connectivity index (χ3n) is 2.73. The van der Waals surface area contributed by atoms with Crippen LogP contribution in [0.15, 0.2) is 6.07 Å². The molecule has 1 aromatic heterocycles. The smallest absolute Gasteiger partial charge is 0.138 e. The number of aromatic nitrogens is 2. The molecular weight excluding hydrogens is 256 g/mol. The van der Waals surface area contributed by atoms with E-state index in [0.29, 0.717) is 0 Å². The summed E-state index contributed by atoms with van der Waals surface area (Å²) in [5, 5.41) is 6.49. The number of hydrogen-bond donors (Lipinski definition) is 2. The van der Waals surface area contributed by atoms with Crippen LogP contribution in [-0.4, -0.2) is 35.6 Å². The molecule has 4 nitrogen and oxygen atoms in total. The van der Waals surface area contributed by atoms with Crippen molar-refractivity contribution in [2.45, 2.75) is 39.0 Å². The minimum absolute atomic E-state index is 0.0395. The van der Waals surface area contributed by atoms with E-state index in [4.69, 9.17) is 0 Å². The van der Waals surface area contributed by atoms with Crippen LogP contribution in [0.3, 0.4) is 0 Å². The maximum Gasteiger partial charge on any atom is 0.138 e. The fraction of sp³-hybridized carbons (Fsp3) is 0.714. The Bertz CT molecular complexity index is 388. The quantitative estimate of drug-likeness (QED) is 0.751. The van der Waals surface area contributed by atoms with Crippen LogP contribution < -0.4 is 10.6 Å². The maximum atomic E-state index is 4.60. The molecule has 0 spiro atoms. The first kappa shape index (κ1) is 16.1. The minimum atomic E-state index is -0.0395. The summed E-state index contributed by atoms with van der Waals surface area (Å²) >= 11 is 1.90. The SMILES string of the molecule is CNc1cc(NCCCCSC)nc(C(C)(C)C)n1. The zero-order chi connectivity index (χ0) is 14.3. The van der Waals surface area contributed by atoms with E-state index < -0.39 is 0 Å². The van der Waals surface area contributed by atoms with Crippen molar-refractivity contribution in [1.82, 2.24) is 9.97 Å². The topological polar surface area (TPSA) is 49.8 Å². The van der Waals surface area contributed by atoms with Crippen molar-refractivity contribution in [2.75, 3.05) is 36.2 Å². The van der Waals surface area contributed by atoms with E-state index >= 15 is 0 Å². The Labute approximate surface area is 121 Å². The molecule has 1 heterocycles. The van der Waals surface area contributed by atoms with Gasteiger partial charge < -0.3 is 10.6 Å². The van der Waals surface area contributed by atoms with E-state index in [9.17, 15) is 0 Å². The Hall–Kier alpha value is -0.970. The molecule has 5 heteroatoms. The highest BCUT2D eigenvalue weighted by molar-refractivity contribution is 7.98. The summed E-state index contributed by atoms with van der Waals surface area (Å²) in [6.45, 7) is 7.35. The summed E-state index contributed by atoms with van der Waals surface area (Å²) in [5.41, 5.74) is -0.0395. The third kappa shape index (κ3) is 5.68. The van der Waals surface area contributed by atoms with Crippen molar-refractivity contribution < 1.29 is 0 Å². The number of nitrogens with one attached hydrogen (secondary N) is 2. The monoisotopic (exact) mass is 282 g/mol. The molecule has 19 heavy (non-hydrogen) atoms. The number of anilines is 2. The first-order chi connectivity index (χ1) is 8.97. The van der Waals surface area contributed by atoms with E-state index in [1.165, 1.54) is 18.6 Å². The van der Waals surface area contributed by atoms with Gasteiger partial charge in [0.1, 0.15) is 17.5 Å². The highest BCUT2D eigenvalue weighted by atomic mass is 32.2. The summed E-state index contributed by atoms with van der Waals surface area (Å²) in [7, 11) is 1.89. The Morgan fingerprint density at radius 1 is 1.16 bits per heavy atom. The second-order valence-corrected chi connectivity index (χ2v) is 6.57. The van der Waals surface area contributed by atoms with Crippen LogP contribution >= 0.6 is 11.8 Å². The molecule has 1 aromatic rings. The molecule has 0 saturated carbocycles. The van der Waals surface area contributed by atoms with Crippen LogP contribution in [0, 0.1) is 0 Å². The normalized spacial score (nSPS) is 11.4. The van der Waals surface area contributed by atoms with Gasteiger partial charge in [0.05, 0.1) is 0 Å². The van der Waals surface area contributed by atoms with E-state index in [-0.39, 0.29) is 5.41 Å². The zero-order valence-corrected chi connectivity index (χ0v) is 13.5. The Balaban J connectivity index is 2.67. The van der Waals surface area contributed by atoms with E-state index in [1.807, 2.05) is 24.9 Å². The number of thioether (sulfide) groups is 1. The van der Waals surface area contributed by atoms with E-state index in [2.05, 4.69) is 47.6 Å². The third-order valence-corrected chi connectivity index (χ3v) is 3.43. The Morgan fingerprint density at radius 3 is 2.42 bits per heavy atom. The number of hydrogen-bond acceptors (Lipinski definition) is 5. The molecule has 0 atom stereocenters. The summed E-state index contributed by atoms with van der Waals surface area (Å²) in [6, 6.07) is 1.96. The van der Waals surface area contributed by atoms with Gasteiger partial charge >= 0.3 is 0 Å². The average Bonchev–Trinajstić information content (AvgIpc) is 2.37. The lowest BCUT2D eigenvalue weighted by atomic mass is 9.96. The average molecular weight is 282 g/mol. The lowest BCUT2D eigenvalue weighted by Gasteiger charge is -2.18. The van der Waals surface area contributed by atoms with Gasteiger partial charge in [-0.25, -0.2) is 9.97 Å². The summed E-state index contributed by atoms with van der Waals surface area (Å²) < 4.78 is 0. The van der Waals surface area contributed by atoms with Crippen molar-refractivity contribution in [2.24, 2.45) is 0 Å². The highest BCUT2D eigenvalue weighted by Crippen LogP contribution is 2.22. The van der Waals surface area contributed by atoms with Crippen LogP contribution in [0.4, 0.5) is 11.6 Å². The fourth-order valence-electron chi connectivity index (χ4n) is 1.59. The molecule has 108 valence electrons. The number of unbranched alkanes of at least 4 members (excludes halogenated alkanes) is 1. The predicted molar refractivity (Wildman–Crippen MR) is 86.4 cm³/mol. The van der Waals surface area contributed by atoms with Gasteiger partial charge in [0.2, 0.25) is 0 Å². The Morgan fingerprint density at radius 2 is 1.84 bits per heavy atom. The van der Waals surface area contributed by atoms with Gasteiger partial charge in [-0.05, 0) is 24.9 Å². The van der Waals surface area contributed by atoms with E-state index in [0.717, 1.165) is 24.0 Å². The molecule has 0 radical (unpaired) electrons. The van der Waals surface area contributed by atoms with Crippen LogP contribution in [0.2, 0.25) is 0 Å². The van der Waals surface area contributed by atoms with Gasteiger partial charge in [0, 0.05) is 25.1 Å². The molecule has 0 aliphatic rings.